The number of benzene rings is 2. The summed E-state index contributed by atoms with van der Waals surface area (Å²) in [5.41, 5.74) is 0.584. The summed E-state index contributed by atoms with van der Waals surface area (Å²) in [4.78, 5) is 22.3. The molecule has 4 rings (SSSR count). The minimum Gasteiger partial charge on any atom is -0.456 e. The number of nitrogens with one attached hydrogen (secondary N) is 1. The van der Waals surface area contributed by atoms with Crippen molar-refractivity contribution >= 4 is 16.5 Å². The highest BCUT2D eigenvalue weighted by atomic mass is 16.6. The van der Waals surface area contributed by atoms with Gasteiger partial charge in [0.15, 0.2) is 0 Å². The lowest BCUT2D eigenvalue weighted by molar-refractivity contribution is -0.384. The summed E-state index contributed by atoms with van der Waals surface area (Å²) in [7, 11) is 0. The van der Waals surface area contributed by atoms with Gasteiger partial charge in [-0.1, -0.05) is 6.07 Å². The quantitative estimate of drug-likeness (QED) is 0.427. The predicted molar refractivity (Wildman–Crippen MR) is 74.5 cm³/mol. The van der Waals surface area contributed by atoms with Crippen molar-refractivity contribution in [2.24, 2.45) is 0 Å². The van der Waals surface area contributed by atoms with Crippen LogP contribution in [0.5, 0.6) is 11.5 Å². The lowest BCUT2D eigenvalue weighted by Crippen LogP contribution is -2.12. The number of hydrogen-bond acceptors (Lipinski definition) is 5. The van der Waals surface area contributed by atoms with Gasteiger partial charge in [-0.05, 0) is 18.2 Å². The zero-order chi connectivity index (χ0) is 14.6. The van der Waals surface area contributed by atoms with E-state index in [1.54, 1.807) is 18.2 Å². The fourth-order valence-electron chi connectivity index (χ4n) is 2.49. The Morgan fingerprint density at radius 3 is 2.86 bits per heavy atom. The van der Waals surface area contributed by atoms with Crippen LogP contribution in [0.3, 0.4) is 0 Å². The van der Waals surface area contributed by atoms with Gasteiger partial charge < -0.3 is 4.74 Å². The minimum absolute atomic E-state index is 0.0575. The van der Waals surface area contributed by atoms with Gasteiger partial charge in [-0.15, -0.1) is 0 Å². The SMILES string of the molecule is O=c1[nH]nc2c3c(cccc13)Oc1ccc([N+](=O)[O-])cc1-2. The molecule has 7 heteroatoms. The zero-order valence-corrected chi connectivity index (χ0v) is 10.5. The smallest absolute Gasteiger partial charge is 0.272 e. The topological polar surface area (TPSA) is 98.1 Å². The summed E-state index contributed by atoms with van der Waals surface area (Å²) in [6.45, 7) is 0. The third-order valence-electron chi connectivity index (χ3n) is 3.43. The monoisotopic (exact) mass is 281 g/mol. The van der Waals surface area contributed by atoms with E-state index >= 15 is 0 Å². The number of H-pyrrole nitrogens is 1. The average molecular weight is 281 g/mol. The standard InChI is InChI=1S/C14H7N3O4/c18-14-8-2-1-3-11-12(8)13(15-16-14)9-6-7(17(19)20)4-5-10(9)21-11/h1-6H,(H,16,18). The van der Waals surface area contributed by atoms with Crippen LogP contribution in [-0.2, 0) is 0 Å². The van der Waals surface area contributed by atoms with E-state index in [1.165, 1.54) is 18.2 Å². The van der Waals surface area contributed by atoms with Crippen LogP contribution in [0.15, 0.2) is 41.2 Å². The van der Waals surface area contributed by atoms with E-state index in [0.29, 0.717) is 33.5 Å². The lowest BCUT2D eigenvalue weighted by atomic mass is 10.0. The van der Waals surface area contributed by atoms with Gasteiger partial charge in [-0.3, -0.25) is 14.9 Å². The van der Waals surface area contributed by atoms with Gasteiger partial charge in [0.1, 0.15) is 17.2 Å². The van der Waals surface area contributed by atoms with E-state index in [1.807, 2.05) is 0 Å². The number of nitro benzene ring substituents is 1. The number of hydrogen-bond donors (Lipinski definition) is 1. The summed E-state index contributed by atoms with van der Waals surface area (Å²) in [5, 5.41) is 18.4. The van der Waals surface area contributed by atoms with E-state index in [4.69, 9.17) is 4.74 Å². The van der Waals surface area contributed by atoms with Crippen molar-refractivity contribution in [1.29, 1.82) is 0 Å². The lowest BCUT2D eigenvalue weighted by Gasteiger charge is -2.19. The van der Waals surface area contributed by atoms with Crippen molar-refractivity contribution in [3.8, 4) is 22.8 Å². The number of fused-ring (bicyclic) bond motifs is 2. The molecule has 0 spiro atoms. The largest absolute Gasteiger partial charge is 0.456 e. The average Bonchev–Trinajstić information content (AvgIpc) is 2.49. The number of aromatic amines is 1. The molecule has 1 aliphatic rings. The van der Waals surface area contributed by atoms with Gasteiger partial charge in [0.05, 0.1) is 21.3 Å². The van der Waals surface area contributed by atoms with Gasteiger partial charge in [0.25, 0.3) is 11.2 Å². The highest BCUT2D eigenvalue weighted by Gasteiger charge is 2.24. The van der Waals surface area contributed by atoms with E-state index in [9.17, 15) is 14.9 Å². The maximum absolute atomic E-state index is 11.8. The third kappa shape index (κ3) is 1.54. The molecule has 0 unspecified atom stereocenters. The summed E-state index contributed by atoms with van der Waals surface area (Å²) < 4.78 is 5.72. The molecule has 0 atom stereocenters. The molecule has 0 aliphatic carbocycles. The Kier molecular flexibility index (Phi) is 2.15. The molecular weight excluding hydrogens is 274 g/mol. The summed E-state index contributed by atoms with van der Waals surface area (Å²) in [6, 6.07) is 9.40. The second-order valence-electron chi connectivity index (χ2n) is 4.62. The van der Waals surface area contributed by atoms with Gasteiger partial charge in [-0.2, -0.15) is 5.10 Å². The Morgan fingerprint density at radius 1 is 1.19 bits per heavy atom. The van der Waals surface area contributed by atoms with Crippen LogP contribution >= 0.6 is 0 Å². The molecule has 0 radical (unpaired) electrons. The molecule has 2 aromatic carbocycles. The molecule has 3 aromatic rings. The van der Waals surface area contributed by atoms with Crippen LogP contribution in [0.4, 0.5) is 5.69 Å². The molecule has 0 fully saturated rings. The third-order valence-corrected chi connectivity index (χ3v) is 3.43. The van der Waals surface area contributed by atoms with Crippen LogP contribution in [-0.4, -0.2) is 15.1 Å². The van der Waals surface area contributed by atoms with Crippen molar-refractivity contribution in [3.63, 3.8) is 0 Å². The first-order valence-electron chi connectivity index (χ1n) is 6.13. The van der Waals surface area contributed by atoms with Crippen molar-refractivity contribution < 1.29 is 9.66 Å². The second kappa shape index (κ2) is 3.89. The van der Waals surface area contributed by atoms with Crippen LogP contribution in [0.25, 0.3) is 22.0 Å². The number of rotatable bonds is 1. The molecule has 21 heavy (non-hydrogen) atoms. The molecule has 1 aromatic heterocycles. The Morgan fingerprint density at radius 2 is 2.05 bits per heavy atom. The first-order valence-corrected chi connectivity index (χ1v) is 6.13. The number of ether oxygens (including phenoxy) is 1. The molecule has 0 bridgehead atoms. The number of aromatic nitrogens is 2. The molecule has 2 heterocycles. The number of nitro groups is 1. The van der Waals surface area contributed by atoms with Crippen LogP contribution in [0.1, 0.15) is 0 Å². The van der Waals surface area contributed by atoms with Gasteiger partial charge in [0, 0.05) is 12.1 Å². The van der Waals surface area contributed by atoms with E-state index in [0.717, 1.165) is 0 Å². The van der Waals surface area contributed by atoms with Gasteiger partial charge in [0.2, 0.25) is 0 Å². The van der Waals surface area contributed by atoms with Crippen molar-refractivity contribution in [2.45, 2.75) is 0 Å². The fourth-order valence-corrected chi connectivity index (χ4v) is 2.49. The first kappa shape index (κ1) is 11.6. The van der Waals surface area contributed by atoms with Crippen molar-refractivity contribution in [3.05, 3.63) is 56.9 Å². The van der Waals surface area contributed by atoms with Gasteiger partial charge >= 0.3 is 0 Å². The second-order valence-corrected chi connectivity index (χ2v) is 4.62. The zero-order valence-electron chi connectivity index (χ0n) is 10.5. The van der Waals surface area contributed by atoms with Crippen LogP contribution in [0, 0.1) is 10.1 Å². The van der Waals surface area contributed by atoms with Crippen LogP contribution < -0.4 is 10.3 Å². The van der Waals surface area contributed by atoms with Gasteiger partial charge in [-0.25, -0.2) is 5.10 Å². The molecular formula is C14H7N3O4. The van der Waals surface area contributed by atoms with Crippen LogP contribution in [0.2, 0.25) is 0 Å². The van der Waals surface area contributed by atoms with E-state index < -0.39 is 4.92 Å². The Labute approximate surface area is 117 Å². The van der Waals surface area contributed by atoms with Crippen molar-refractivity contribution in [2.75, 3.05) is 0 Å². The highest BCUT2D eigenvalue weighted by molar-refractivity contribution is 6.01. The molecule has 0 saturated carbocycles. The Hall–Kier alpha value is -3.22. The number of non-ortho nitro benzene ring substituents is 1. The normalized spacial score (nSPS) is 11.8. The highest BCUT2D eigenvalue weighted by Crippen LogP contribution is 2.45. The maximum atomic E-state index is 11.8. The summed E-state index contributed by atoms with van der Waals surface area (Å²) >= 11 is 0. The minimum atomic E-state index is -0.482. The molecule has 1 N–H and O–H groups in total. The predicted octanol–water partition coefficient (Wildman–Crippen LogP) is 2.60. The maximum Gasteiger partial charge on any atom is 0.272 e. The van der Waals surface area contributed by atoms with E-state index in [2.05, 4.69) is 10.2 Å². The molecule has 102 valence electrons. The number of nitrogens with zero attached hydrogens (tertiary/aromatic N) is 2. The molecule has 1 aliphatic heterocycles. The molecule has 0 saturated heterocycles. The molecule has 0 amide bonds. The van der Waals surface area contributed by atoms with E-state index in [-0.39, 0.29) is 11.2 Å². The van der Waals surface area contributed by atoms with Crippen molar-refractivity contribution in [1.82, 2.24) is 10.2 Å². The Bertz CT molecular complexity index is 978. The molecule has 7 nitrogen and oxygen atoms in total. The summed E-state index contributed by atoms with van der Waals surface area (Å²) in [5.74, 6) is 0.989. The first-order chi connectivity index (χ1) is 10.1. The summed E-state index contributed by atoms with van der Waals surface area (Å²) in [6.07, 6.45) is 0. The Balaban J connectivity index is 2.13. The fraction of sp³-hybridized carbons (Fsp3) is 0.